The second-order valence-corrected chi connectivity index (χ2v) is 5.79. The van der Waals surface area contributed by atoms with Crippen molar-refractivity contribution in [3.05, 3.63) is 41.7 Å². The molecule has 7 heteroatoms. The fourth-order valence-electron chi connectivity index (χ4n) is 2.86. The van der Waals surface area contributed by atoms with Crippen LogP contribution in [0.1, 0.15) is 28.9 Å². The van der Waals surface area contributed by atoms with Gasteiger partial charge >= 0.3 is 0 Å². The summed E-state index contributed by atoms with van der Waals surface area (Å²) in [5.41, 5.74) is 1.33. The lowest BCUT2D eigenvalue weighted by atomic mass is 10.2. The summed E-state index contributed by atoms with van der Waals surface area (Å²) < 4.78 is 10.5. The van der Waals surface area contributed by atoms with Gasteiger partial charge < -0.3 is 19.7 Å². The molecule has 3 heterocycles. The number of anilines is 1. The second-order valence-electron chi connectivity index (χ2n) is 5.79. The fourth-order valence-corrected chi connectivity index (χ4v) is 2.86. The van der Waals surface area contributed by atoms with Crippen molar-refractivity contribution in [3.63, 3.8) is 0 Å². The largest absolute Gasteiger partial charge is 0.454 e. The quantitative estimate of drug-likeness (QED) is 0.922. The Bertz CT molecular complexity index is 759. The molecule has 2 aliphatic rings. The number of ether oxygens (including phenoxy) is 2. The topological polar surface area (TPSA) is 76.6 Å². The summed E-state index contributed by atoms with van der Waals surface area (Å²) in [6.07, 6.45) is 4.09. The third kappa shape index (κ3) is 2.97. The highest BCUT2D eigenvalue weighted by Crippen LogP contribution is 2.32. The molecule has 1 fully saturated rings. The summed E-state index contributed by atoms with van der Waals surface area (Å²) in [4.78, 5) is 23.3. The minimum absolute atomic E-state index is 0.172. The van der Waals surface area contributed by atoms with Gasteiger partial charge in [0.2, 0.25) is 12.7 Å². The Morgan fingerprint density at radius 3 is 2.88 bits per heavy atom. The van der Waals surface area contributed by atoms with Gasteiger partial charge in [0.25, 0.3) is 5.91 Å². The number of carbonyl (C=O) groups is 1. The van der Waals surface area contributed by atoms with Gasteiger partial charge in [-0.2, -0.15) is 0 Å². The molecule has 1 aromatic heterocycles. The fraction of sp³-hybridized carbons (Fsp3) is 0.353. The first-order chi connectivity index (χ1) is 11.8. The minimum Gasteiger partial charge on any atom is -0.454 e. The lowest BCUT2D eigenvalue weighted by Gasteiger charge is -2.15. The molecule has 0 unspecified atom stereocenters. The van der Waals surface area contributed by atoms with Crippen LogP contribution in [-0.2, 0) is 6.54 Å². The van der Waals surface area contributed by atoms with Crippen LogP contribution in [0.15, 0.2) is 30.5 Å². The van der Waals surface area contributed by atoms with Crippen molar-refractivity contribution < 1.29 is 14.3 Å². The van der Waals surface area contributed by atoms with Crippen molar-refractivity contribution in [1.29, 1.82) is 0 Å². The standard InChI is InChI=1S/C17H18N4O3/c22-16(12-3-4-14-15(9-12)24-11-23-14)19-10-13-5-6-18-17(20-13)21-7-1-2-8-21/h3-6,9H,1-2,7-8,10-11H2,(H,19,22). The maximum absolute atomic E-state index is 12.3. The molecule has 0 spiro atoms. The summed E-state index contributed by atoms with van der Waals surface area (Å²) in [7, 11) is 0. The molecule has 2 aliphatic heterocycles. The van der Waals surface area contributed by atoms with Crippen molar-refractivity contribution in [2.75, 3.05) is 24.8 Å². The summed E-state index contributed by atoms with van der Waals surface area (Å²) >= 11 is 0. The predicted octanol–water partition coefficient (Wildman–Crippen LogP) is 1.74. The molecule has 0 saturated carbocycles. The van der Waals surface area contributed by atoms with Gasteiger partial charge in [-0.15, -0.1) is 0 Å². The number of rotatable bonds is 4. The van der Waals surface area contributed by atoms with Crippen LogP contribution in [0, 0.1) is 0 Å². The molecule has 24 heavy (non-hydrogen) atoms. The molecule has 1 amide bonds. The van der Waals surface area contributed by atoms with E-state index in [0.29, 0.717) is 23.6 Å². The first-order valence-electron chi connectivity index (χ1n) is 8.04. The third-order valence-corrected chi connectivity index (χ3v) is 4.15. The summed E-state index contributed by atoms with van der Waals surface area (Å²) in [6.45, 7) is 2.54. The van der Waals surface area contributed by atoms with E-state index in [-0.39, 0.29) is 12.7 Å². The van der Waals surface area contributed by atoms with Crippen molar-refractivity contribution in [1.82, 2.24) is 15.3 Å². The minimum atomic E-state index is -0.172. The van der Waals surface area contributed by atoms with Crippen LogP contribution >= 0.6 is 0 Å². The Kier molecular flexibility index (Phi) is 3.90. The van der Waals surface area contributed by atoms with Gasteiger partial charge in [0, 0.05) is 24.8 Å². The average Bonchev–Trinajstić information content (AvgIpc) is 3.30. The van der Waals surface area contributed by atoms with E-state index in [1.807, 2.05) is 6.07 Å². The van der Waals surface area contributed by atoms with Gasteiger partial charge in [-0.05, 0) is 37.1 Å². The number of carbonyl (C=O) groups excluding carboxylic acids is 1. The normalized spacial score (nSPS) is 15.6. The Labute approximate surface area is 139 Å². The molecular weight excluding hydrogens is 308 g/mol. The molecular formula is C17H18N4O3. The molecule has 0 aliphatic carbocycles. The molecule has 1 N–H and O–H groups in total. The number of hydrogen-bond donors (Lipinski definition) is 1. The van der Waals surface area contributed by atoms with Crippen molar-refractivity contribution in [3.8, 4) is 11.5 Å². The predicted molar refractivity (Wildman–Crippen MR) is 87.2 cm³/mol. The van der Waals surface area contributed by atoms with Gasteiger partial charge in [0.1, 0.15) is 0 Å². The van der Waals surface area contributed by atoms with Crippen LogP contribution in [0.3, 0.4) is 0 Å². The van der Waals surface area contributed by atoms with Gasteiger partial charge in [-0.25, -0.2) is 9.97 Å². The smallest absolute Gasteiger partial charge is 0.251 e. The third-order valence-electron chi connectivity index (χ3n) is 4.15. The van der Waals surface area contributed by atoms with Crippen LogP contribution in [0.2, 0.25) is 0 Å². The molecule has 124 valence electrons. The second kappa shape index (κ2) is 6.35. The van der Waals surface area contributed by atoms with E-state index in [0.717, 1.165) is 24.7 Å². The van der Waals surface area contributed by atoms with E-state index in [1.165, 1.54) is 12.8 Å². The number of nitrogens with zero attached hydrogens (tertiary/aromatic N) is 3. The van der Waals surface area contributed by atoms with Crippen LogP contribution in [0.5, 0.6) is 11.5 Å². The molecule has 0 atom stereocenters. The number of nitrogens with one attached hydrogen (secondary N) is 1. The molecule has 0 bridgehead atoms. The van der Waals surface area contributed by atoms with E-state index in [4.69, 9.17) is 9.47 Å². The highest BCUT2D eigenvalue weighted by molar-refractivity contribution is 5.94. The zero-order chi connectivity index (χ0) is 16.4. The highest BCUT2D eigenvalue weighted by atomic mass is 16.7. The first-order valence-corrected chi connectivity index (χ1v) is 8.04. The Hall–Kier alpha value is -2.83. The zero-order valence-electron chi connectivity index (χ0n) is 13.2. The summed E-state index contributed by atoms with van der Waals surface area (Å²) in [5.74, 6) is 1.83. The van der Waals surface area contributed by atoms with E-state index in [1.54, 1.807) is 24.4 Å². The monoisotopic (exact) mass is 326 g/mol. The molecule has 1 saturated heterocycles. The van der Waals surface area contributed by atoms with Gasteiger partial charge in [-0.1, -0.05) is 0 Å². The number of amides is 1. The van der Waals surface area contributed by atoms with Gasteiger partial charge in [0.15, 0.2) is 11.5 Å². The Morgan fingerprint density at radius 2 is 2.00 bits per heavy atom. The van der Waals surface area contributed by atoms with Crippen molar-refractivity contribution in [2.45, 2.75) is 19.4 Å². The average molecular weight is 326 g/mol. The molecule has 7 nitrogen and oxygen atoms in total. The number of benzene rings is 1. The van der Waals surface area contributed by atoms with Gasteiger partial charge in [-0.3, -0.25) is 4.79 Å². The van der Waals surface area contributed by atoms with Crippen molar-refractivity contribution in [2.24, 2.45) is 0 Å². The van der Waals surface area contributed by atoms with Crippen molar-refractivity contribution >= 4 is 11.9 Å². The van der Waals surface area contributed by atoms with Gasteiger partial charge in [0.05, 0.1) is 12.2 Å². The van der Waals surface area contributed by atoms with Crippen LogP contribution in [0.4, 0.5) is 5.95 Å². The zero-order valence-corrected chi connectivity index (χ0v) is 13.2. The maximum atomic E-state index is 12.3. The lowest BCUT2D eigenvalue weighted by Crippen LogP contribution is -2.25. The van der Waals surface area contributed by atoms with Crippen LogP contribution in [0.25, 0.3) is 0 Å². The Balaban J connectivity index is 1.41. The number of fused-ring (bicyclic) bond motifs is 1. The first kappa shape index (κ1) is 14.7. The summed E-state index contributed by atoms with van der Waals surface area (Å²) in [6, 6.07) is 6.97. The number of aromatic nitrogens is 2. The molecule has 2 aromatic rings. The van der Waals surface area contributed by atoms with E-state index in [2.05, 4.69) is 20.2 Å². The molecule has 4 rings (SSSR count). The van der Waals surface area contributed by atoms with E-state index < -0.39 is 0 Å². The van der Waals surface area contributed by atoms with E-state index >= 15 is 0 Å². The highest BCUT2D eigenvalue weighted by Gasteiger charge is 2.17. The Morgan fingerprint density at radius 1 is 1.17 bits per heavy atom. The maximum Gasteiger partial charge on any atom is 0.251 e. The van der Waals surface area contributed by atoms with Crippen LogP contribution < -0.4 is 19.7 Å². The number of hydrogen-bond acceptors (Lipinski definition) is 6. The molecule has 1 aromatic carbocycles. The van der Waals surface area contributed by atoms with Crippen LogP contribution in [-0.4, -0.2) is 35.8 Å². The van der Waals surface area contributed by atoms with E-state index in [9.17, 15) is 4.79 Å². The molecule has 0 radical (unpaired) electrons. The SMILES string of the molecule is O=C(NCc1ccnc(N2CCCC2)n1)c1ccc2c(c1)OCO2. The lowest BCUT2D eigenvalue weighted by molar-refractivity contribution is 0.0950. The summed E-state index contributed by atoms with van der Waals surface area (Å²) in [5, 5.41) is 2.88.